The zero-order valence-electron chi connectivity index (χ0n) is 12.1. The Morgan fingerprint density at radius 1 is 1.50 bits per heavy atom. The number of hydrogen-bond acceptors (Lipinski definition) is 3. The van der Waals surface area contributed by atoms with E-state index in [1.807, 2.05) is 11.8 Å². The van der Waals surface area contributed by atoms with Crippen LogP contribution in [0.5, 0.6) is 5.75 Å². The highest BCUT2D eigenvalue weighted by Crippen LogP contribution is 2.27. The van der Waals surface area contributed by atoms with Crippen LogP contribution in [0.1, 0.15) is 25.3 Å². The first-order valence-electron chi connectivity index (χ1n) is 7.08. The average Bonchev–Trinajstić information content (AvgIpc) is 2.43. The van der Waals surface area contributed by atoms with Crippen LogP contribution in [0.4, 0.5) is 13.2 Å². The van der Waals surface area contributed by atoms with Crippen molar-refractivity contribution in [3.63, 3.8) is 0 Å². The Hall–Kier alpha value is -1.76. The summed E-state index contributed by atoms with van der Waals surface area (Å²) in [5.41, 5.74) is 0.594. The normalized spacial score (nSPS) is 22.8. The van der Waals surface area contributed by atoms with Crippen LogP contribution in [0, 0.1) is 11.7 Å². The van der Waals surface area contributed by atoms with Crippen molar-refractivity contribution in [3.05, 3.63) is 29.6 Å². The lowest BCUT2D eigenvalue weighted by molar-refractivity contribution is -0.145. The summed E-state index contributed by atoms with van der Waals surface area (Å²) in [7, 11) is 0. The molecule has 0 spiro atoms. The first-order chi connectivity index (χ1) is 10.4. The van der Waals surface area contributed by atoms with Gasteiger partial charge in [0.2, 0.25) is 0 Å². The number of carboxylic acids is 1. The van der Waals surface area contributed by atoms with Crippen molar-refractivity contribution in [2.75, 3.05) is 6.54 Å². The van der Waals surface area contributed by atoms with E-state index in [0.717, 1.165) is 19.0 Å². The minimum Gasteiger partial charge on any atom is -0.481 e. The minimum absolute atomic E-state index is 0.161. The number of benzene rings is 1. The summed E-state index contributed by atoms with van der Waals surface area (Å²) in [4.78, 5) is 13.2. The molecular weight excluding hydrogens is 299 g/mol. The lowest BCUT2D eigenvalue weighted by Crippen LogP contribution is -2.45. The molecule has 0 amide bonds. The van der Waals surface area contributed by atoms with Crippen molar-refractivity contribution in [1.82, 2.24) is 4.90 Å². The molecule has 1 fully saturated rings. The van der Waals surface area contributed by atoms with Crippen molar-refractivity contribution in [1.29, 1.82) is 0 Å². The van der Waals surface area contributed by atoms with Crippen LogP contribution in [-0.4, -0.2) is 35.2 Å². The van der Waals surface area contributed by atoms with E-state index in [0.29, 0.717) is 18.5 Å². The molecule has 7 heteroatoms. The molecule has 1 aliphatic heterocycles. The van der Waals surface area contributed by atoms with Gasteiger partial charge in [-0.25, -0.2) is 4.39 Å². The Kier molecular flexibility index (Phi) is 5.28. The summed E-state index contributed by atoms with van der Waals surface area (Å²) in [6.45, 7) is -0.139. The van der Waals surface area contributed by atoms with Gasteiger partial charge in [-0.05, 0) is 44.0 Å². The highest BCUT2D eigenvalue weighted by atomic mass is 19.3. The third-order valence-corrected chi connectivity index (χ3v) is 4.03. The number of alkyl halides is 2. The summed E-state index contributed by atoms with van der Waals surface area (Å²) in [6, 6.07) is 3.67. The van der Waals surface area contributed by atoms with E-state index in [2.05, 4.69) is 4.74 Å². The molecule has 2 atom stereocenters. The van der Waals surface area contributed by atoms with Crippen LogP contribution in [0.25, 0.3) is 0 Å². The molecule has 0 aliphatic carbocycles. The van der Waals surface area contributed by atoms with Crippen molar-refractivity contribution in [3.8, 4) is 5.75 Å². The molecule has 1 aromatic carbocycles. The monoisotopic (exact) mass is 317 g/mol. The Labute approximate surface area is 126 Å². The van der Waals surface area contributed by atoms with Crippen molar-refractivity contribution >= 4 is 5.97 Å². The molecule has 1 aromatic rings. The first kappa shape index (κ1) is 16.6. The minimum atomic E-state index is -3.07. The number of nitrogens with zero attached hydrogens (tertiary/aromatic N) is 1. The molecule has 0 saturated carbocycles. The van der Waals surface area contributed by atoms with Crippen LogP contribution in [0.3, 0.4) is 0 Å². The fourth-order valence-corrected chi connectivity index (χ4v) is 2.84. The number of hydrogen-bond donors (Lipinski definition) is 1. The van der Waals surface area contributed by atoms with Gasteiger partial charge in [-0.1, -0.05) is 6.07 Å². The van der Waals surface area contributed by atoms with Gasteiger partial charge in [0, 0.05) is 12.6 Å². The van der Waals surface area contributed by atoms with Gasteiger partial charge in [0.25, 0.3) is 0 Å². The zero-order chi connectivity index (χ0) is 16.3. The van der Waals surface area contributed by atoms with E-state index < -0.39 is 30.1 Å². The number of carbonyl (C=O) groups is 1. The molecule has 0 bridgehead atoms. The number of ether oxygens (including phenoxy) is 1. The molecule has 1 N–H and O–H groups in total. The summed E-state index contributed by atoms with van der Waals surface area (Å²) in [5, 5.41) is 9.18. The molecule has 1 saturated heterocycles. The number of halogens is 3. The summed E-state index contributed by atoms with van der Waals surface area (Å²) in [6.07, 6.45) is 1.39. The molecule has 1 aliphatic rings. The second kappa shape index (κ2) is 7.00. The van der Waals surface area contributed by atoms with E-state index in [-0.39, 0.29) is 6.04 Å². The molecule has 122 valence electrons. The Balaban J connectivity index is 2.07. The van der Waals surface area contributed by atoms with Crippen molar-refractivity contribution in [2.24, 2.45) is 5.92 Å². The number of carboxylic acid groups (broad SMARTS) is 1. The molecule has 4 nitrogen and oxygen atoms in total. The van der Waals surface area contributed by atoms with Crippen LogP contribution < -0.4 is 4.74 Å². The fraction of sp³-hybridized carbons (Fsp3) is 0.533. The molecule has 22 heavy (non-hydrogen) atoms. The standard InChI is InChI=1S/C15H18F3NO3/c1-9-11(14(20)21)3-2-6-19(9)8-10-4-5-13(12(16)7-10)22-15(17)18/h4-5,7,9,11,15H,2-3,6,8H2,1H3,(H,20,21)/t9-,11-/m1/s1. The SMILES string of the molecule is C[C@@H]1[C@H](C(=O)O)CCCN1Cc1ccc(OC(F)F)c(F)c1. The zero-order valence-corrected chi connectivity index (χ0v) is 12.1. The fourth-order valence-electron chi connectivity index (χ4n) is 2.84. The Bertz CT molecular complexity index is 539. The van der Waals surface area contributed by atoms with Gasteiger partial charge in [-0.15, -0.1) is 0 Å². The Morgan fingerprint density at radius 3 is 2.82 bits per heavy atom. The van der Waals surface area contributed by atoms with Gasteiger partial charge in [-0.2, -0.15) is 8.78 Å². The van der Waals surface area contributed by atoms with Gasteiger partial charge in [0.05, 0.1) is 5.92 Å². The van der Waals surface area contributed by atoms with Crippen LogP contribution in [0.2, 0.25) is 0 Å². The maximum atomic E-state index is 13.7. The van der Waals surface area contributed by atoms with E-state index in [4.69, 9.17) is 0 Å². The summed E-state index contributed by atoms with van der Waals surface area (Å²) in [5.74, 6) is -2.62. The largest absolute Gasteiger partial charge is 0.481 e. The lowest BCUT2D eigenvalue weighted by Gasteiger charge is -2.37. The third kappa shape index (κ3) is 3.91. The van der Waals surface area contributed by atoms with Gasteiger partial charge in [0.1, 0.15) is 0 Å². The van der Waals surface area contributed by atoms with Gasteiger partial charge in [-0.3, -0.25) is 9.69 Å². The van der Waals surface area contributed by atoms with E-state index in [1.165, 1.54) is 12.1 Å². The number of piperidine rings is 1. The summed E-state index contributed by atoms with van der Waals surface area (Å²) >= 11 is 0. The molecule has 1 heterocycles. The van der Waals surface area contributed by atoms with Crippen molar-refractivity contribution < 1.29 is 27.8 Å². The molecule has 0 aromatic heterocycles. The molecular formula is C15H18F3NO3. The highest BCUT2D eigenvalue weighted by molar-refractivity contribution is 5.70. The van der Waals surface area contributed by atoms with E-state index in [9.17, 15) is 23.1 Å². The van der Waals surface area contributed by atoms with Crippen molar-refractivity contribution in [2.45, 2.75) is 39.0 Å². The molecule has 0 unspecified atom stereocenters. The Morgan fingerprint density at radius 2 is 2.23 bits per heavy atom. The first-order valence-corrected chi connectivity index (χ1v) is 7.08. The lowest BCUT2D eigenvalue weighted by atomic mass is 9.90. The van der Waals surface area contributed by atoms with Crippen LogP contribution in [0.15, 0.2) is 18.2 Å². The maximum absolute atomic E-state index is 13.7. The van der Waals surface area contributed by atoms with Gasteiger partial charge >= 0.3 is 12.6 Å². The second-order valence-corrected chi connectivity index (χ2v) is 5.44. The van der Waals surface area contributed by atoms with E-state index >= 15 is 0 Å². The third-order valence-electron chi connectivity index (χ3n) is 4.03. The maximum Gasteiger partial charge on any atom is 0.387 e. The van der Waals surface area contributed by atoms with E-state index in [1.54, 1.807) is 0 Å². The van der Waals surface area contributed by atoms with Crippen LogP contribution >= 0.6 is 0 Å². The smallest absolute Gasteiger partial charge is 0.387 e. The number of rotatable bonds is 5. The van der Waals surface area contributed by atoms with Gasteiger partial charge < -0.3 is 9.84 Å². The summed E-state index contributed by atoms with van der Waals surface area (Å²) < 4.78 is 41.9. The van der Waals surface area contributed by atoms with Gasteiger partial charge in [0.15, 0.2) is 11.6 Å². The topological polar surface area (TPSA) is 49.8 Å². The second-order valence-electron chi connectivity index (χ2n) is 5.44. The predicted molar refractivity (Wildman–Crippen MR) is 73.3 cm³/mol. The predicted octanol–water partition coefficient (Wildman–Crippen LogP) is 3.11. The van der Waals surface area contributed by atoms with Crippen LogP contribution in [-0.2, 0) is 11.3 Å². The molecule has 2 rings (SSSR count). The highest BCUT2D eigenvalue weighted by Gasteiger charge is 2.32. The molecule has 0 radical (unpaired) electrons. The average molecular weight is 317 g/mol. The quantitative estimate of drug-likeness (QED) is 0.906. The number of aliphatic carboxylic acids is 1. The number of likely N-dealkylation sites (tertiary alicyclic amines) is 1.